The Hall–Kier alpha value is -1.43. The van der Waals surface area contributed by atoms with Crippen molar-refractivity contribution in [2.45, 2.75) is 88.8 Å². The molecule has 30 heavy (non-hydrogen) atoms. The summed E-state index contributed by atoms with van der Waals surface area (Å²) in [5.41, 5.74) is 0.811. The molecule has 2 unspecified atom stereocenters. The number of hydrogen-bond acceptors (Lipinski definition) is 4. The molecule has 0 spiro atoms. The van der Waals surface area contributed by atoms with Gasteiger partial charge in [-0.2, -0.15) is 0 Å². The van der Waals surface area contributed by atoms with Crippen LogP contribution in [0.5, 0.6) is 0 Å². The molecule has 2 atom stereocenters. The van der Waals surface area contributed by atoms with Crippen molar-refractivity contribution in [3.8, 4) is 0 Å². The first kappa shape index (κ1) is 23.2. The lowest BCUT2D eigenvalue weighted by Crippen LogP contribution is -2.46. The highest BCUT2D eigenvalue weighted by Gasteiger charge is 2.27. The predicted octanol–water partition coefficient (Wildman–Crippen LogP) is 3.84. The summed E-state index contributed by atoms with van der Waals surface area (Å²) in [6, 6.07) is 10.2. The van der Waals surface area contributed by atoms with Crippen LogP contribution in [-0.2, 0) is 0 Å². The van der Waals surface area contributed by atoms with E-state index in [1.807, 2.05) is 30.3 Å². The fraction of sp³-hybridized carbons (Fsp3) is 0.720. The molecular formula is C25H40N2O3. The van der Waals surface area contributed by atoms with Crippen molar-refractivity contribution in [2.24, 2.45) is 0 Å². The van der Waals surface area contributed by atoms with Crippen LogP contribution in [0.2, 0.25) is 0 Å². The molecule has 5 heteroatoms. The average Bonchev–Trinajstić information content (AvgIpc) is 2.80. The molecule has 1 aliphatic heterocycles. The van der Waals surface area contributed by atoms with E-state index in [1.165, 1.54) is 19.3 Å². The van der Waals surface area contributed by atoms with E-state index in [4.69, 9.17) is 0 Å². The molecule has 0 bridgehead atoms. The third-order valence-electron chi connectivity index (χ3n) is 6.91. The van der Waals surface area contributed by atoms with Crippen LogP contribution in [0.3, 0.4) is 0 Å². The van der Waals surface area contributed by atoms with Gasteiger partial charge < -0.3 is 15.1 Å². The summed E-state index contributed by atoms with van der Waals surface area (Å²) in [6.45, 7) is 2.86. The Morgan fingerprint density at radius 3 is 2.47 bits per heavy atom. The molecule has 1 amide bonds. The molecule has 1 aromatic carbocycles. The molecule has 1 saturated carbocycles. The Bertz CT molecular complexity index is 618. The molecule has 1 saturated heterocycles. The van der Waals surface area contributed by atoms with E-state index in [0.29, 0.717) is 12.5 Å². The monoisotopic (exact) mass is 416 g/mol. The number of carbonyl (C=O) groups excluding carboxylic acids is 1. The molecule has 5 nitrogen and oxygen atoms in total. The van der Waals surface area contributed by atoms with Gasteiger partial charge in [-0.15, -0.1) is 0 Å². The minimum atomic E-state index is -0.258. The quantitative estimate of drug-likeness (QED) is 0.569. The number of aliphatic hydroxyl groups excluding tert-OH is 2. The number of unbranched alkanes of at least 4 members (excludes halogenated alkanes) is 3. The summed E-state index contributed by atoms with van der Waals surface area (Å²) in [6.07, 6.45) is 11.7. The van der Waals surface area contributed by atoms with Gasteiger partial charge in [0.25, 0.3) is 5.91 Å². The van der Waals surface area contributed by atoms with E-state index in [-0.39, 0.29) is 24.7 Å². The van der Waals surface area contributed by atoms with Crippen LogP contribution in [0.25, 0.3) is 0 Å². The Morgan fingerprint density at radius 2 is 1.73 bits per heavy atom. The highest BCUT2D eigenvalue weighted by molar-refractivity contribution is 5.94. The lowest BCUT2D eigenvalue weighted by molar-refractivity contribution is 0.0163. The molecule has 3 rings (SSSR count). The number of aliphatic hydroxyl groups is 2. The minimum absolute atomic E-state index is 0.110. The van der Waals surface area contributed by atoms with Gasteiger partial charge in [-0.1, -0.05) is 50.3 Å². The van der Waals surface area contributed by atoms with Crippen molar-refractivity contribution in [1.29, 1.82) is 0 Å². The maximum absolute atomic E-state index is 13.1. The standard InChI is InChI=1S/C25H40N2O3/c28-20-23-19-24(29)15-18-26(23)16-9-1-2-10-17-27(22-13-7-4-8-14-22)25(30)21-11-5-3-6-12-21/h3,5-6,11-12,22-24,28-29H,1-2,4,7-10,13-20H2. The van der Waals surface area contributed by atoms with Crippen LogP contribution in [-0.4, -0.2) is 70.3 Å². The van der Waals surface area contributed by atoms with Crippen LogP contribution in [0, 0.1) is 0 Å². The van der Waals surface area contributed by atoms with Crippen LogP contribution in [0.1, 0.15) is 81.0 Å². The molecule has 1 aliphatic carbocycles. The van der Waals surface area contributed by atoms with Crippen LogP contribution in [0.4, 0.5) is 0 Å². The summed E-state index contributed by atoms with van der Waals surface area (Å²) >= 11 is 0. The van der Waals surface area contributed by atoms with Crippen molar-refractivity contribution in [2.75, 3.05) is 26.2 Å². The summed E-state index contributed by atoms with van der Waals surface area (Å²) in [5.74, 6) is 0.195. The van der Waals surface area contributed by atoms with E-state index in [2.05, 4.69) is 9.80 Å². The third kappa shape index (κ3) is 6.79. The topological polar surface area (TPSA) is 64.0 Å². The molecule has 1 aromatic rings. The lowest BCUT2D eigenvalue weighted by Gasteiger charge is -2.37. The number of amides is 1. The Labute approximate surface area is 182 Å². The fourth-order valence-electron chi connectivity index (χ4n) is 5.10. The zero-order valence-corrected chi connectivity index (χ0v) is 18.4. The Kier molecular flexibility index (Phi) is 9.63. The highest BCUT2D eigenvalue weighted by Crippen LogP contribution is 2.25. The fourth-order valence-corrected chi connectivity index (χ4v) is 5.10. The van der Waals surface area contributed by atoms with Crippen molar-refractivity contribution >= 4 is 5.91 Å². The minimum Gasteiger partial charge on any atom is -0.395 e. The van der Waals surface area contributed by atoms with Gasteiger partial charge in [0.2, 0.25) is 0 Å². The molecule has 1 heterocycles. The Balaban J connectivity index is 1.42. The van der Waals surface area contributed by atoms with Gasteiger partial charge in [-0.3, -0.25) is 9.69 Å². The Morgan fingerprint density at radius 1 is 1.00 bits per heavy atom. The van der Waals surface area contributed by atoms with Gasteiger partial charge in [0.05, 0.1) is 12.7 Å². The van der Waals surface area contributed by atoms with Crippen LogP contribution >= 0.6 is 0 Å². The van der Waals surface area contributed by atoms with Gasteiger partial charge in [-0.05, 0) is 57.2 Å². The van der Waals surface area contributed by atoms with E-state index in [9.17, 15) is 15.0 Å². The first-order valence-corrected chi connectivity index (χ1v) is 12.1. The van der Waals surface area contributed by atoms with Crippen LogP contribution in [0.15, 0.2) is 30.3 Å². The summed E-state index contributed by atoms with van der Waals surface area (Å²) in [5, 5.41) is 19.3. The van der Waals surface area contributed by atoms with Gasteiger partial charge >= 0.3 is 0 Å². The highest BCUT2D eigenvalue weighted by atomic mass is 16.3. The zero-order valence-electron chi connectivity index (χ0n) is 18.4. The number of piperidine rings is 1. The van der Waals surface area contributed by atoms with Crippen molar-refractivity contribution in [3.05, 3.63) is 35.9 Å². The second-order valence-corrected chi connectivity index (χ2v) is 9.12. The van der Waals surface area contributed by atoms with Crippen molar-refractivity contribution in [1.82, 2.24) is 9.80 Å². The molecule has 0 radical (unpaired) electrons. The zero-order chi connectivity index (χ0) is 21.2. The number of likely N-dealkylation sites (tertiary alicyclic amines) is 1. The normalized spacial score (nSPS) is 23.4. The second kappa shape index (κ2) is 12.4. The van der Waals surface area contributed by atoms with Crippen molar-refractivity contribution < 1.29 is 15.0 Å². The predicted molar refractivity (Wildman–Crippen MR) is 121 cm³/mol. The van der Waals surface area contributed by atoms with E-state index in [0.717, 1.165) is 70.1 Å². The number of hydrogen-bond donors (Lipinski definition) is 2. The van der Waals surface area contributed by atoms with Crippen LogP contribution < -0.4 is 0 Å². The summed E-state index contributed by atoms with van der Waals surface area (Å²) < 4.78 is 0. The number of nitrogens with zero attached hydrogens (tertiary/aromatic N) is 2. The maximum atomic E-state index is 13.1. The maximum Gasteiger partial charge on any atom is 0.254 e. The lowest BCUT2D eigenvalue weighted by atomic mass is 9.93. The van der Waals surface area contributed by atoms with Gasteiger partial charge in [0, 0.05) is 30.7 Å². The number of benzene rings is 1. The smallest absolute Gasteiger partial charge is 0.254 e. The molecule has 168 valence electrons. The SMILES string of the molecule is O=C(c1ccccc1)N(CCCCCCN1CCC(O)CC1CO)C1CCCCC1. The number of rotatable bonds is 10. The summed E-state index contributed by atoms with van der Waals surface area (Å²) in [7, 11) is 0. The molecule has 0 aromatic heterocycles. The third-order valence-corrected chi connectivity index (χ3v) is 6.91. The van der Waals surface area contributed by atoms with Gasteiger partial charge in [0.1, 0.15) is 0 Å². The van der Waals surface area contributed by atoms with E-state index < -0.39 is 0 Å². The van der Waals surface area contributed by atoms with E-state index >= 15 is 0 Å². The van der Waals surface area contributed by atoms with Gasteiger partial charge in [0.15, 0.2) is 0 Å². The van der Waals surface area contributed by atoms with Gasteiger partial charge in [-0.25, -0.2) is 0 Å². The molecule has 2 N–H and O–H groups in total. The summed E-state index contributed by atoms with van der Waals surface area (Å²) in [4.78, 5) is 17.6. The molecule has 2 fully saturated rings. The van der Waals surface area contributed by atoms with Crippen molar-refractivity contribution in [3.63, 3.8) is 0 Å². The average molecular weight is 417 g/mol. The molecular weight excluding hydrogens is 376 g/mol. The second-order valence-electron chi connectivity index (χ2n) is 9.12. The largest absolute Gasteiger partial charge is 0.395 e. The van der Waals surface area contributed by atoms with E-state index in [1.54, 1.807) is 0 Å². The first-order chi connectivity index (χ1) is 14.7. The number of carbonyl (C=O) groups is 1. The molecule has 2 aliphatic rings. The first-order valence-electron chi connectivity index (χ1n) is 12.1.